The Morgan fingerprint density at radius 2 is 1.97 bits per heavy atom. The zero-order valence-corrected chi connectivity index (χ0v) is 17.0. The summed E-state index contributed by atoms with van der Waals surface area (Å²) in [4.78, 5) is 22.6. The van der Waals surface area contributed by atoms with Gasteiger partial charge in [0.2, 0.25) is 0 Å². The van der Waals surface area contributed by atoms with Crippen molar-refractivity contribution in [2.24, 2.45) is 0 Å². The zero-order valence-electron chi connectivity index (χ0n) is 17.0. The van der Waals surface area contributed by atoms with E-state index in [0.29, 0.717) is 36.8 Å². The van der Waals surface area contributed by atoms with E-state index in [1.807, 2.05) is 41.3 Å². The van der Waals surface area contributed by atoms with Gasteiger partial charge < -0.3 is 19.3 Å². The quantitative estimate of drug-likeness (QED) is 0.753. The van der Waals surface area contributed by atoms with Crippen LogP contribution in [-0.4, -0.2) is 66.1 Å². The molecule has 2 aliphatic rings. The van der Waals surface area contributed by atoms with Crippen molar-refractivity contribution >= 4 is 5.91 Å². The van der Waals surface area contributed by atoms with Crippen LogP contribution < -0.4 is 9.47 Å². The summed E-state index contributed by atoms with van der Waals surface area (Å²) in [7, 11) is 0. The van der Waals surface area contributed by atoms with E-state index in [1.165, 1.54) is 0 Å². The standard InChI is InChI=1S/C23H29N3O3/c1-2-25-13-10-19(11-14-25)26(15-9-18-6-3-4-12-24-18)23(27)20-7-5-8-21-22(20)29-17-16-28-21/h3-8,12,19H,2,9-11,13-17H2,1H3. The van der Waals surface area contributed by atoms with Crippen molar-refractivity contribution in [1.82, 2.24) is 14.8 Å². The Morgan fingerprint density at radius 3 is 2.72 bits per heavy atom. The molecule has 2 aromatic rings. The Kier molecular flexibility index (Phi) is 6.30. The smallest absolute Gasteiger partial charge is 0.258 e. The van der Waals surface area contributed by atoms with Crippen molar-refractivity contribution in [3.63, 3.8) is 0 Å². The molecule has 1 saturated heterocycles. The molecule has 0 saturated carbocycles. The van der Waals surface area contributed by atoms with Gasteiger partial charge in [0.05, 0.1) is 5.56 Å². The van der Waals surface area contributed by atoms with E-state index >= 15 is 0 Å². The number of piperidine rings is 1. The number of para-hydroxylation sites is 1. The fourth-order valence-corrected chi connectivity index (χ4v) is 4.18. The van der Waals surface area contributed by atoms with Gasteiger partial charge >= 0.3 is 0 Å². The van der Waals surface area contributed by atoms with Crippen molar-refractivity contribution in [2.75, 3.05) is 39.4 Å². The van der Waals surface area contributed by atoms with E-state index in [1.54, 1.807) is 6.20 Å². The second-order valence-electron chi connectivity index (χ2n) is 7.56. The van der Waals surface area contributed by atoms with Crippen LogP contribution >= 0.6 is 0 Å². The van der Waals surface area contributed by atoms with Crippen LogP contribution in [0.1, 0.15) is 35.8 Å². The maximum atomic E-state index is 13.6. The first-order valence-electron chi connectivity index (χ1n) is 10.6. The average Bonchev–Trinajstić information content (AvgIpc) is 2.80. The lowest BCUT2D eigenvalue weighted by Crippen LogP contribution is -2.48. The molecule has 29 heavy (non-hydrogen) atoms. The normalized spacial score (nSPS) is 17.1. The third-order valence-corrected chi connectivity index (χ3v) is 5.84. The molecule has 1 fully saturated rings. The first-order valence-corrected chi connectivity index (χ1v) is 10.6. The van der Waals surface area contributed by atoms with Gasteiger partial charge in [-0.05, 0) is 43.7 Å². The number of ether oxygens (including phenoxy) is 2. The predicted molar refractivity (Wildman–Crippen MR) is 112 cm³/mol. The van der Waals surface area contributed by atoms with Gasteiger partial charge in [0.1, 0.15) is 13.2 Å². The minimum Gasteiger partial charge on any atom is -0.486 e. The Morgan fingerprint density at radius 1 is 1.14 bits per heavy atom. The Labute approximate surface area is 172 Å². The minimum absolute atomic E-state index is 0.0261. The highest BCUT2D eigenvalue weighted by Crippen LogP contribution is 2.35. The number of fused-ring (bicyclic) bond motifs is 1. The van der Waals surface area contributed by atoms with Crippen LogP contribution in [0.3, 0.4) is 0 Å². The number of carbonyl (C=O) groups is 1. The number of likely N-dealkylation sites (tertiary alicyclic amines) is 1. The molecule has 3 heterocycles. The maximum Gasteiger partial charge on any atom is 0.258 e. The number of aromatic nitrogens is 1. The number of hydrogen-bond acceptors (Lipinski definition) is 5. The zero-order chi connectivity index (χ0) is 20.1. The second kappa shape index (κ2) is 9.27. The van der Waals surface area contributed by atoms with Gasteiger partial charge in [0.25, 0.3) is 5.91 Å². The Hall–Kier alpha value is -2.60. The van der Waals surface area contributed by atoms with Crippen molar-refractivity contribution < 1.29 is 14.3 Å². The summed E-state index contributed by atoms with van der Waals surface area (Å²) < 4.78 is 11.5. The van der Waals surface area contributed by atoms with Crippen molar-refractivity contribution in [3.8, 4) is 11.5 Å². The third-order valence-electron chi connectivity index (χ3n) is 5.84. The molecule has 0 radical (unpaired) electrons. The molecule has 6 heteroatoms. The summed E-state index contributed by atoms with van der Waals surface area (Å²) >= 11 is 0. The summed E-state index contributed by atoms with van der Waals surface area (Å²) in [6.07, 6.45) is 4.54. The van der Waals surface area contributed by atoms with Gasteiger partial charge in [-0.2, -0.15) is 0 Å². The lowest BCUT2D eigenvalue weighted by molar-refractivity contribution is 0.0571. The molecule has 6 nitrogen and oxygen atoms in total. The predicted octanol–water partition coefficient (Wildman–Crippen LogP) is 3.02. The van der Waals surface area contributed by atoms with E-state index in [-0.39, 0.29) is 11.9 Å². The van der Waals surface area contributed by atoms with E-state index in [0.717, 1.165) is 44.6 Å². The van der Waals surface area contributed by atoms with Gasteiger partial charge in [0, 0.05) is 44.0 Å². The Bertz CT molecular complexity index is 819. The van der Waals surface area contributed by atoms with Gasteiger partial charge in [-0.25, -0.2) is 0 Å². The topological polar surface area (TPSA) is 54.9 Å². The summed E-state index contributed by atoms with van der Waals surface area (Å²) in [6, 6.07) is 11.7. The highest BCUT2D eigenvalue weighted by Gasteiger charge is 2.31. The molecule has 0 atom stereocenters. The molecule has 0 N–H and O–H groups in total. The highest BCUT2D eigenvalue weighted by molar-refractivity contribution is 5.98. The molecule has 2 aliphatic heterocycles. The van der Waals surface area contributed by atoms with Gasteiger partial charge in [-0.1, -0.05) is 19.1 Å². The average molecular weight is 396 g/mol. The number of pyridine rings is 1. The first-order chi connectivity index (χ1) is 14.3. The van der Waals surface area contributed by atoms with E-state index in [9.17, 15) is 4.79 Å². The van der Waals surface area contributed by atoms with Gasteiger partial charge in [0.15, 0.2) is 11.5 Å². The molecule has 154 valence electrons. The van der Waals surface area contributed by atoms with Crippen LogP contribution in [0.2, 0.25) is 0 Å². The van der Waals surface area contributed by atoms with Crippen LogP contribution in [0.25, 0.3) is 0 Å². The molecule has 0 unspecified atom stereocenters. The molecular weight excluding hydrogens is 366 g/mol. The van der Waals surface area contributed by atoms with Crippen LogP contribution in [0.5, 0.6) is 11.5 Å². The van der Waals surface area contributed by atoms with Crippen LogP contribution in [0, 0.1) is 0 Å². The van der Waals surface area contributed by atoms with Crippen LogP contribution in [-0.2, 0) is 6.42 Å². The van der Waals surface area contributed by atoms with Crippen molar-refractivity contribution in [1.29, 1.82) is 0 Å². The van der Waals surface area contributed by atoms with Crippen molar-refractivity contribution in [3.05, 3.63) is 53.9 Å². The number of nitrogens with zero attached hydrogens (tertiary/aromatic N) is 3. The minimum atomic E-state index is 0.0261. The number of amides is 1. The van der Waals surface area contributed by atoms with E-state index < -0.39 is 0 Å². The summed E-state index contributed by atoms with van der Waals surface area (Å²) in [5.74, 6) is 1.27. The molecule has 0 spiro atoms. The second-order valence-corrected chi connectivity index (χ2v) is 7.56. The highest BCUT2D eigenvalue weighted by atomic mass is 16.6. The molecule has 1 aromatic carbocycles. The summed E-state index contributed by atoms with van der Waals surface area (Å²) in [5, 5.41) is 0. The Balaban J connectivity index is 1.56. The molecule has 1 amide bonds. The van der Waals surface area contributed by atoms with Crippen LogP contribution in [0.4, 0.5) is 0 Å². The van der Waals surface area contributed by atoms with Crippen LogP contribution in [0.15, 0.2) is 42.6 Å². The fourth-order valence-electron chi connectivity index (χ4n) is 4.18. The summed E-state index contributed by atoms with van der Waals surface area (Å²) in [5.41, 5.74) is 1.60. The maximum absolute atomic E-state index is 13.6. The number of benzene rings is 1. The number of carbonyl (C=O) groups excluding carboxylic acids is 1. The molecule has 0 bridgehead atoms. The third kappa shape index (κ3) is 4.53. The molecule has 4 rings (SSSR count). The lowest BCUT2D eigenvalue weighted by atomic mass is 10.0. The molecule has 0 aliphatic carbocycles. The SMILES string of the molecule is CCN1CCC(N(CCc2ccccn2)C(=O)c2cccc3c2OCCO3)CC1. The monoisotopic (exact) mass is 395 g/mol. The summed E-state index contributed by atoms with van der Waals surface area (Å²) in [6.45, 7) is 6.95. The van der Waals surface area contributed by atoms with Gasteiger partial charge in [-0.3, -0.25) is 9.78 Å². The lowest BCUT2D eigenvalue weighted by Gasteiger charge is -2.38. The number of rotatable bonds is 6. The number of hydrogen-bond donors (Lipinski definition) is 0. The van der Waals surface area contributed by atoms with Crippen molar-refractivity contribution in [2.45, 2.75) is 32.2 Å². The molecular formula is C23H29N3O3. The van der Waals surface area contributed by atoms with Gasteiger partial charge in [-0.15, -0.1) is 0 Å². The van der Waals surface area contributed by atoms with E-state index in [4.69, 9.17) is 9.47 Å². The fraction of sp³-hybridized carbons (Fsp3) is 0.478. The largest absolute Gasteiger partial charge is 0.486 e. The van der Waals surface area contributed by atoms with E-state index in [2.05, 4.69) is 16.8 Å². The first kappa shape index (κ1) is 19.7. The molecule has 1 aromatic heterocycles.